The molecule has 0 aliphatic carbocycles. The Morgan fingerprint density at radius 3 is 2.31 bits per heavy atom. The molecule has 0 bridgehead atoms. The van der Waals surface area contributed by atoms with Gasteiger partial charge in [0.2, 0.25) is 0 Å². The van der Waals surface area contributed by atoms with Crippen LogP contribution >= 0.6 is 0 Å². The van der Waals surface area contributed by atoms with Crippen molar-refractivity contribution in [1.29, 1.82) is 0 Å². The maximum Gasteiger partial charge on any atom is 0.407 e. The number of alkyl carbamates (subject to hydrolysis) is 1. The monoisotopic (exact) mass is 351 g/mol. The van der Waals surface area contributed by atoms with Gasteiger partial charge in [0.25, 0.3) is 0 Å². The highest BCUT2D eigenvalue weighted by Gasteiger charge is 2.22. The molecule has 3 aromatic rings. The highest BCUT2D eigenvalue weighted by molar-refractivity contribution is 5.69. The standard InChI is InChI=1S/C19H17N3O4/c23-19-21-14(12-25-19)11-24-15-5-7-17(8-6-15)26-16-3-1-13(2-4-16)18-9-10-20-22-18/h1-10,14H,11-12H2,(H,20,22)(H,21,23)/t14-/m0/s1. The maximum atomic E-state index is 11.0. The second-order valence-electron chi connectivity index (χ2n) is 5.82. The molecule has 132 valence electrons. The molecule has 0 unspecified atom stereocenters. The lowest BCUT2D eigenvalue weighted by molar-refractivity contribution is 0.174. The molecule has 26 heavy (non-hydrogen) atoms. The second kappa shape index (κ2) is 7.18. The number of aromatic amines is 1. The number of nitrogens with zero attached hydrogens (tertiary/aromatic N) is 1. The number of benzene rings is 2. The van der Waals surface area contributed by atoms with Crippen LogP contribution in [0.3, 0.4) is 0 Å². The van der Waals surface area contributed by atoms with Crippen LogP contribution in [-0.2, 0) is 4.74 Å². The fraction of sp³-hybridized carbons (Fsp3) is 0.158. The number of amides is 1. The molecule has 0 radical (unpaired) electrons. The number of hydrogen-bond acceptors (Lipinski definition) is 5. The van der Waals surface area contributed by atoms with Gasteiger partial charge in [-0.1, -0.05) is 0 Å². The molecule has 0 saturated carbocycles. The SMILES string of the molecule is O=C1N[C@@H](COc2ccc(Oc3ccc(-c4ccn[nH]4)cc3)cc2)CO1. The predicted octanol–water partition coefficient (Wildman–Crippen LogP) is 3.36. The summed E-state index contributed by atoms with van der Waals surface area (Å²) in [6.07, 6.45) is 1.32. The first kappa shape index (κ1) is 16.0. The zero-order valence-corrected chi connectivity index (χ0v) is 13.8. The Balaban J connectivity index is 1.33. The van der Waals surface area contributed by atoms with Gasteiger partial charge in [0, 0.05) is 6.20 Å². The Morgan fingerprint density at radius 1 is 1.00 bits per heavy atom. The quantitative estimate of drug-likeness (QED) is 0.711. The summed E-state index contributed by atoms with van der Waals surface area (Å²) in [7, 11) is 0. The smallest absolute Gasteiger partial charge is 0.407 e. The Morgan fingerprint density at radius 2 is 1.69 bits per heavy atom. The number of H-pyrrole nitrogens is 1. The molecule has 2 heterocycles. The lowest BCUT2D eigenvalue weighted by atomic mass is 10.1. The number of carbonyl (C=O) groups excluding carboxylic acids is 1. The van der Waals surface area contributed by atoms with E-state index in [9.17, 15) is 4.79 Å². The average Bonchev–Trinajstić information content (AvgIpc) is 3.34. The predicted molar refractivity (Wildman–Crippen MR) is 94.3 cm³/mol. The Hall–Kier alpha value is -3.48. The average molecular weight is 351 g/mol. The van der Waals surface area contributed by atoms with Crippen molar-refractivity contribution in [3.8, 4) is 28.5 Å². The zero-order valence-electron chi connectivity index (χ0n) is 13.8. The molecule has 2 aromatic carbocycles. The van der Waals surface area contributed by atoms with Crippen LogP contribution in [0.25, 0.3) is 11.3 Å². The first-order valence-corrected chi connectivity index (χ1v) is 8.20. The van der Waals surface area contributed by atoms with Gasteiger partial charge in [-0.3, -0.25) is 5.10 Å². The third kappa shape index (κ3) is 3.77. The third-order valence-electron chi connectivity index (χ3n) is 3.91. The van der Waals surface area contributed by atoms with E-state index in [1.807, 2.05) is 54.6 Å². The summed E-state index contributed by atoms with van der Waals surface area (Å²) in [6.45, 7) is 0.690. The van der Waals surface area contributed by atoms with E-state index in [0.717, 1.165) is 17.0 Å². The highest BCUT2D eigenvalue weighted by Crippen LogP contribution is 2.26. The molecule has 1 aliphatic heterocycles. The molecule has 1 atom stereocenters. The second-order valence-corrected chi connectivity index (χ2v) is 5.82. The van der Waals surface area contributed by atoms with Crippen molar-refractivity contribution in [2.45, 2.75) is 6.04 Å². The summed E-state index contributed by atoms with van der Waals surface area (Å²) in [5, 5.41) is 9.54. The molecule has 1 saturated heterocycles. The molecule has 1 aliphatic rings. The zero-order chi connectivity index (χ0) is 17.8. The van der Waals surface area contributed by atoms with E-state index in [2.05, 4.69) is 15.5 Å². The summed E-state index contributed by atoms with van der Waals surface area (Å²) < 4.78 is 16.3. The molecule has 7 heteroatoms. The molecular weight excluding hydrogens is 334 g/mol. The minimum atomic E-state index is -0.402. The first-order valence-electron chi connectivity index (χ1n) is 8.20. The van der Waals surface area contributed by atoms with Gasteiger partial charge in [0.15, 0.2) is 0 Å². The summed E-state index contributed by atoms with van der Waals surface area (Å²) in [6, 6.07) is 16.9. The van der Waals surface area contributed by atoms with Crippen molar-refractivity contribution in [2.75, 3.05) is 13.2 Å². The van der Waals surface area contributed by atoms with E-state index in [1.54, 1.807) is 6.20 Å². The van der Waals surface area contributed by atoms with Crippen LogP contribution in [0.2, 0.25) is 0 Å². The molecule has 1 aromatic heterocycles. The Labute approximate surface area is 149 Å². The largest absolute Gasteiger partial charge is 0.491 e. The highest BCUT2D eigenvalue weighted by atomic mass is 16.6. The van der Waals surface area contributed by atoms with Crippen molar-refractivity contribution in [3.63, 3.8) is 0 Å². The van der Waals surface area contributed by atoms with Crippen molar-refractivity contribution >= 4 is 6.09 Å². The van der Waals surface area contributed by atoms with Crippen LogP contribution in [-0.4, -0.2) is 35.5 Å². The first-order chi connectivity index (χ1) is 12.8. The Bertz CT molecular complexity index is 861. The summed E-state index contributed by atoms with van der Waals surface area (Å²) in [4.78, 5) is 11.0. The van der Waals surface area contributed by atoms with Crippen molar-refractivity contribution in [1.82, 2.24) is 15.5 Å². The fourth-order valence-electron chi connectivity index (χ4n) is 2.57. The molecule has 1 fully saturated rings. The van der Waals surface area contributed by atoms with Crippen LogP contribution in [0.4, 0.5) is 4.79 Å². The number of nitrogens with one attached hydrogen (secondary N) is 2. The van der Waals surface area contributed by atoms with Crippen molar-refractivity contribution in [3.05, 3.63) is 60.8 Å². The number of rotatable bonds is 6. The topological polar surface area (TPSA) is 85.5 Å². The minimum absolute atomic E-state index is 0.119. The van der Waals surface area contributed by atoms with Crippen LogP contribution in [0.1, 0.15) is 0 Å². The molecule has 7 nitrogen and oxygen atoms in total. The van der Waals surface area contributed by atoms with Crippen LogP contribution in [0.5, 0.6) is 17.2 Å². The minimum Gasteiger partial charge on any atom is -0.491 e. The van der Waals surface area contributed by atoms with Crippen molar-refractivity contribution in [2.24, 2.45) is 0 Å². The maximum absolute atomic E-state index is 11.0. The van der Waals surface area contributed by atoms with Gasteiger partial charge in [-0.25, -0.2) is 4.79 Å². The van der Waals surface area contributed by atoms with E-state index >= 15 is 0 Å². The van der Waals surface area contributed by atoms with Crippen LogP contribution < -0.4 is 14.8 Å². The molecule has 1 amide bonds. The van der Waals surface area contributed by atoms with Crippen LogP contribution in [0, 0.1) is 0 Å². The molecule has 0 spiro atoms. The summed E-state index contributed by atoms with van der Waals surface area (Å²) in [5.74, 6) is 2.16. The van der Waals surface area contributed by atoms with E-state index in [0.29, 0.717) is 24.7 Å². The lowest BCUT2D eigenvalue weighted by Crippen LogP contribution is -2.32. The van der Waals surface area contributed by atoms with E-state index in [-0.39, 0.29) is 6.04 Å². The van der Waals surface area contributed by atoms with E-state index in [4.69, 9.17) is 14.2 Å². The van der Waals surface area contributed by atoms with Gasteiger partial charge >= 0.3 is 6.09 Å². The lowest BCUT2D eigenvalue weighted by Gasteiger charge is -2.11. The number of ether oxygens (including phenoxy) is 3. The molecule has 2 N–H and O–H groups in total. The van der Waals surface area contributed by atoms with Gasteiger partial charge in [0.1, 0.15) is 36.5 Å². The van der Waals surface area contributed by atoms with E-state index < -0.39 is 6.09 Å². The van der Waals surface area contributed by atoms with Crippen molar-refractivity contribution < 1.29 is 19.0 Å². The number of carbonyl (C=O) groups is 1. The van der Waals surface area contributed by atoms with Gasteiger partial charge in [-0.05, 0) is 60.2 Å². The summed E-state index contributed by atoms with van der Waals surface area (Å²) >= 11 is 0. The van der Waals surface area contributed by atoms with Gasteiger partial charge in [-0.15, -0.1) is 0 Å². The van der Waals surface area contributed by atoms with Crippen LogP contribution in [0.15, 0.2) is 60.8 Å². The summed E-state index contributed by atoms with van der Waals surface area (Å²) in [5.41, 5.74) is 2.00. The van der Waals surface area contributed by atoms with Gasteiger partial charge < -0.3 is 19.5 Å². The van der Waals surface area contributed by atoms with E-state index in [1.165, 1.54) is 0 Å². The fourth-order valence-corrected chi connectivity index (χ4v) is 2.57. The van der Waals surface area contributed by atoms with Gasteiger partial charge in [0.05, 0.1) is 5.69 Å². The number of hydrogen-bond donors (Lipinski definition) is 2. The number of aromatic nitrogens is 2. The molecule has 4 rings (SSSR count). The Kier molecular flexibility index (Phi) is 4.42. The normalized spacial score (nSPS) is 16.0. The van der Waals surface area contributed by atoms with Gasteiger partial charge in [-0.2, -0.15) is 5.10 Å². The third-order valence-corrected chi connectivity index (χ3v) is 3.91. The molecular formula is C19H17N3O4. The number of cyclic esters (lactones) is 1.